The van der Waals surface area contributed by atoms with Gasteiger partial charge in [-0.2, -0.15) is 0 Å². The summed E-state index contributed by atoms with van der Waals surface area (Å²) in [7, 11) is 0. The van der Waals surface area contributed by atoms with E-state index in [1.165, 1.54) is 30.4 Å². The molecule has 0 amide bonds. The topological polar surface area (TPSA) is 24.5 Å². The maximum atomic E-state index is 5.67. The maximum absolute atomic E-state index is 5.67. The predicted octanol–water partition coefficient (Wildman–Crippen LogP) is 3.83. The van der Waals surface area contributed by atoms with Crippen LogP contribution in [-0.2, 0) is 11.3 Å². The van der Waals surface area contributed by atoms with Crippen LogP contribution >= 0.6 is 12.2 Å². The Balaban J connectivity index is 1.56. The molecule has 1 aromatic carbocycles. The largest absolute Gasteiger partial charge is 0.376 e. The van der Waals surface area contributed by atoms with Crippen molar-refractivity contribution in [3.63, 3.8) is 0 Å². The van der Waals surface area contributed by atoms with Gasteiger partial charge < -0.3 is 15.0 Å². The normalized spacial score (nSPS) is 20.7. The molecular weight excluding hydrogens is 304 g/mol. The van der Waals surface area contributed by atoms with Gasteiger partial charge in [0.05, 0.1) is 6.10 Å². The number of hydrogen-bond acceptors (Lipinski definition) is 2. The van der Waals surface area contributed by atoms with Crippen molar-refractivity contribution in [2.24, 2.45) is 0 Å². The molecule has 1 N–H and O–H groups in total. The van der Waals surface area contributed by atoms with Crippen molar-refractivity contribution in [3.8, 4) is 0 Å². The average molecular weight is 333 g/mol. The van der Waals surface area contributed by atoms with E-state index in [1.54, 1.807) is 0 Å². The lowest BCUT2D eigenvalue weighted by molar-refractivity contribution is 0.113. The summed E-state index contributed by atoms with van der Waals surface area (Å²) in [5.41, 5.74) is 2.73. The van der Waals surface area contributed by atoms with Gasteiger partial charge in [-0.05, 0) is 54.9 Å². The first-order chi connectivity index (χ1) is 11.1. The van der Waals surface area contributed by atoms with Crippen LogP contribution in [0.4, 0.5) is 0 Å². The highest BCUT2D eigenvalue weighted by Crippen LogP contribution is 2.29. The minimum Gasteiger partial charge on any atom is -0.376 e. The Morgan fingerprint density at radius 3 is 2.57 bits per heavy atom. The highest BCUT2D eigenvalue weighted by Gasteiger charge is 2.31. The third kappa shape index (κ3) is 4.67. The average Bonchev–Trinajstić information content (AvgIpc) is 3.26. The lowest BCUT2D eigenvalue weighted by atomic mass is 10.0. The molecule has 1 aromatic rings. The zero-order valence-corrected chi connectivity index (χ0v) is 15.1. The molecule has 0 radical (unpaired) electrons. The molecule has 2 aliphatic rings. The summed E-state index contributed by atoms with van der Waals surface area (Å²) >= 11 is 5.65. The molecule has 0 spiro atoms. The molecule has 126 valence electrons. The Hall–Kier alpha value is -1.13. The second-order valence-electron chi connectivity index (χ2n) is 7.08. The molecular formula is C19H28N2OS. The van der Waals surface area contributed by atoms with Crippen LogP contribution in [0.15, 0.2) is 24.3 Å². The molecule has 0 bridgehead atoms. The van der Waals surface area contributed by atoms with Gasteiger partial charge in [0.25, 0.3) is 0 Å². The molecule has 3 nitrogen and oxygen atoms in total. The second-order valence-corrected chi connectivity index (χ2v) is 7.46. The summed E-state index contributed by atoms with van der Waals surface area (Å²) < 4.78 is 5.67. The van der Waals surface area contributed by atoms with E-state index in [0.29, 0.717) is 18.1 Å². The van der Waals surface area contributed by atoms with Crippen LogP contribution < -0.4 is 5.32 Å². The number of benzene rings is 1. The maximum Gasteiger partial charge on any atom is 0.169 e. The molecule has 2 fully saturated rings. The number of thiocarbonyl (C=S) groups is 1. The number of hydrogen-bond donors (Lipinski definition) is 1. The summed E-state index contributed by atoms with van der Waals surface area (Å²) in [4.78, 5) is 2.36. The van der Waals surface area contributed by atoms with Crippen molar-refractivity contribution >= 4 is 17.3 Å². The van der Waals surface area contributed by atoms with Crippen molar-refractivity contribution in [1.82, 2.24) is 10.2 Å². The minimum atomic E-state index is 0.333. The standard InChI is InChI=1S/C19H28N2OS/c1-14(2)16-7-5-15(6-8-16)13-21(17-9-10-17)19(23)20-12-18-4-3-11-22-18/h5-8,14,17-18H,3-4,9-13H2,1-2H3,(H,20,23)/t18-/m1/s1. The Bertz CT molecular complexity index is 519. The van der Waals surface area contributed by atoms with Crippen LogP contribution in [0.25, 0.3) is 0 Å². The zero-order valence-electron chi connectivity index (χ0n) is 14.3. The van der Waals surface area contributed by atoms with Gasteiger partial charge in [-0.25, -0.2) is 0 Å². The SMILES string of the molecule is CC(C)c1ccc(CN(C(=S)NC[C@H]2CCCO2)C2CC2)cc1. The quantitative estimate of drug-likeness (QED) is 0.800. The van der Waals surface area contributed by atoms with Crippen molar-refractivity contribution in [3.05, 3.63) is 35.4 Å². The molecule has 1 saturated carbocycles. The van der Waals surface area contributed by atoms with Gasteiger partial charge in [0.2, 0.25) is 0 Å². The summed E-state index contributed by atoms with van der Waals surface area (Å²) in [6.45, 7) is 7.10. The lowest BCUT2D eigenvalue weighted by Crippen LogP contribution is -2.43. The van der Waals surface area contributed by atoms with Gasteiger partial charge in [0, 0.05) is 25.7 Å². The Morgan fingerprint density at radius 2 is 2.00 bits per heavy atom. The van der Waals surface area contributed by atoms with E-state index >= 15 is 0 Å². The zero-order chi connectivity index (χ0) is 16.2. The van der Waals surface area contributed by atoms with Gasteiger partial charge in [0.15, 0.2) is 5.11 Å². The van der Waals surface area contributed by atoms with E-state index in [2.05, 4.69) is 48.3 Å². The van der Waals surface area contributed by atoms with Crippen molar-refractivity contribution in [2.45, 2.75) is 64.1 Å². The van der Waals surface area contributed by atoms with Crippen LogP contribution in [0.3, 0.4) is 0 Å². The third-order valence-corrected chi connectivity index (χ3v) is 5.13. The van der Waals surface area contributed by atoms with Crippen LogP contribution in [0.1, 0.15) is 56.6 Å². The molecule has 1 atom stereocenters. The molecule has 3 rings (SSSR count). The predicted molar refractivity (Wildman–Crippen MR) is 98.7 cm³/mol. The number of rotatable bonds is 6. The van der Waals surface area contributed by atoms with Crippen molar-refractivity contribution in [1.29, 1.82) is 0 Å². The number of nitrogens with zero attached hydrogens (tertiary/aromatic N) is 1. The van der Waals surface area contributed by atoms with Gasteiger partial charge in [-0.1, -0.05) is 38.1 Å². The highest BCUT2D eigenvalue weighted by molar-refractivity contribution is 7.80. The first kappa shape index (κ1) is 16.7. The molecule has 0 aromatic heterocycles. The summed E-state index contributed by atoms with van der Waals surface area (Å²) in [5, 5.41) is 4.31. The van der Waals surface area contributed by atoms with E-state index in [9.17, 15) is 0 Å². The van der Waals surface area contributed by atoms with Gasteiger partial charge in [-0.15, -0.1) is 0 Å². The Kier molecular flexibility index (Phi) is 5.54. The van der Waals surface area contributed by atoms with E-state index in [-0.39, 0.29) is 0 Å². The van der Waals surface area contributed by atoms with Crippen LogP contribution in [-0.4, -0.2) is 35.3 Å². The monoisotopic (exact) mass is 332 g/mol. The summed E-state index contributed by atoms with van der Waals surface area (Å²) in [5.74, 6) is 0.581. The Morgan fingerprint density at radius 1 is 1.26 bits per heavy atom. The minimum absolute atomic E-state index is 0.333. The fraction of sp³-hybridized carbons (Fsp3) is 0.632. The molecule has 4 heteroatoms. The fourth-order valence-corrected chi connectivity index (χ4v) is 3.36. The van der Waals surface area contributed by atoms with E-state index in [4.69, 9.17) is 17.0 Å². The van der Waals surface area contributed by atoms with Crippen LogP contribution in [0.5, 0.6) is 0 Å². The molecule has 1 aliphatic carbocycles. The highest BCUT2D eigenvalue weighted by atomic mass is 32.1. The molecule has 1 saturated heterocycles. The van der Waals surface area contributed by atoms with Crippen molar-refractivity contribution < 1.29 is 4.74 Å². The molecule has 23 heavy (non-hydrogen) atoms. The first-order valence-electron chi connectivity index (χ1n) is 8.88. The Labute approximate surface area is 145 Å². The molecule has 0 unspecified atom stereocenters. The summed E-state index contributed by atoms with van der Waals surface area (Å²) in [6.07, 6.45) is 5.17. The van der Waals surface area contributed by atoms with E-state index in [1.807, 2.05) is 0 Å². The van der Waals surface area contributed by atoms with Crippen LogP contribution in [0, 0.1) is 0 Å². The van der Waals surface area contributed by atoms with E-state index in [0.717, 1.165) is 31.2 Å². The first-order valence-corrected chi connectivity index (χ1v) is 9.29. The summed E-state index contributed by atoms with van der Waals surface area (Å²) in [6, 6.07) is 9.59. The van der Waals surface area contributed by atoms with Gasteiger partial charge >= 0.3 is 0 Å². The van der Waals surface area contributed by atoms with Crippen LogP contribution in [0.2, 0.25) is 0 Å². The lowest BCUT2D eigenvalue weighted by Gasteiger charge is -2.27. The molecule has 1 heterocycles. The second kappa shape index (κ2) is 7.63. The fourth-order valence-electron chi connectivity index (χ4n) is 3.07. The van der Waals surface area contributed by atoms with E-state index < -0.39 is 0 Å². The molecule has 1 aliphatic heterocycles. The van der Waals surface area contributed by atoms with Crippen molar-refractivity contribution in [2.75, 3.05) is 13.2 Å². The third-order valence-electron chi connectivity index (χ3n) is 4.75. The van der Waals surface area contributed by atoms with Gasteiger partial charge in [-0.3, -0.25) is 0 Å². The number of ether oxygens (including phenoxy) is 1. The van der Waals surface area contributed by atoms with Gasteiger partial charge in [0.1, 0.15) is 0 Å². The smallest absolute Gasteiger partial charge is 0.169 e. The number of nitrogens with one attached hydrogen (secondary N) is 1.